The van der Waals surface area contributed by atoms with Crippen LogP contribution >= 0.6 is 11.6 Å². The van der Waals surface area contributed by atoms with Crippen molar-refractivity contribution in [3.05, 3.63) is 70.4 Å². The van der Waals surface area contributed by atoms with Crippen molar-refractivity contribution in [3.63, 3.8) is 0 Å². The number of pyridine rings is 1. The van der Waals surface area contributed by atoms with Gasteiger partial charge in [-0.05, 0) is 50.1 Å². The summed E-state index contributed by atoms with van der Waals surface area (Å²) in [5.41, 5.74) is 3.10. The molecule has 1 aliphatic rings. The number of phenolic OH excluding ortho intramolecular Hbond substituents is 1. The number of likely N-dealkylation sites (tertiary alicyclic amines) is 1. The first-order valence-corrected chi connectivity index (χ1v) is 10.2. The molecule has 1 saturated heterocycles. The van der Waals surface area contributed by atoms with E-state index in [1.807, 2.05) is 49.4 Å². The Labute approximate surface area is 175 Å². The SMILES string of the molecule is Cc1cccc(C(=O)NC2CCN(Cc3cc(Cl)c4cccnc4c3O)CC2)c1. The van der Waals surface area contributed by atoms with E-state index in [0.717, 1.165) is 42.4 Å². The van der Waals surface area contributed by atoms with Crippen molar-refractivity contribution in [2.75, 3.05) is 13.1 Å². The molecular formula is C23H24ClN3O2. The van der Waals surface area contributed by atoms with Crippen LogP contribution in [0.2, 0.25) is 5.02 Å². The molecule has 0 spiro atoms. The molecule has 2 aromatic carbocycles. The van der Waals surface area contributed by atoms with Gasteiger partial charge in [0.15, 0.2) is 0 Å². The number of nitrogens with zero attached hydrogens (tertiary/aromatic N) is 2. The number of rotatable bonds is 4. The average Bonchev–Trinajstić information content (AvgIpc) is 2.73. The molecule has 0 aliphatic carbocycles. The van der Waals surface area contributed by atoms with Crippen molar-refractivity contribution >= 4 is 28.4 Å². The second-order valence-corrected chi connectivity index (χ2v) is 8.07. The lowest BCUT2D eigenvalue weighted by molar-refractivity contribution is 0.0908. The van der Waals surface area contributed by atoms with E-state index in [0.29, 0.717) is 22.6 Å². The molecule has 0 unspecified atom stereocenters. The van der Waals surface area contributed by atoms with E-state index in [1.54, 1.807) is 6.20 Å². The van der Waals surface area contributed by atoms with Crippen LogP contribution in [0.5, 0.6) is 5.75 Å². The molecule has 2 N–H and O–H groups in total. The summed E-state index contributed by atoms with van der Waals surface area (Å²) in [7, 11) is 0. The number of halogens is 1. The van der Waals surface area contributed by atoms with Crippen LogP contribution in [0.3, 0.4) is 0 Å². The number of aryl methyl sites for hydroxylation is 1. The Hall–Kier alpha value is -2.63. The largest absolute Gasteiger partial charge is 0.505 e. The molecule has 3 aromatic rings. The number of aromatic nitrogens is 1. The summed E-state index contributed by atoms with van der Waals surface area (Å²) >= 11 is 6.38. The molecule has 0 radical (unpaired) electrons. The number of hydrogen-bond acceptors (Lipinski definition) is 4. The maximum atomic E-state index is 12.5. The third kappa shape index (κ3) is 4.36. The lowest BCUT2D eigenvalue weighted by atomic mass is 10.0. The number of phenols is 1. The Morgan fingerprint density at radius 2 is 2.03 bits per heavy atom. The fourth-order valence-corrected chi connectivity index (χ4v) is 4.17. The first kappa shape index (κ1) is 19.7. The molecule has 29 heavy (non-hydrogen) atoms. The smallest absolute Gasteiger partial charge is 0.251 e. The van der Waals surface area contributed by atoms with Crippen LogP contribution < -0.4 is 5.32 Å². The van der Waals surface area contributed by atoms with Gasteiger partial charge in [-0.15, -0.1) is 0 Å². The summed E-state index contributed by atoms with van der Waals surface area (Å²) in [6.07, 6.45) is 3.40. The number of fused-ring (bicyclic) bond motifs is 1. The molecule has 0 atom stereocenters. The molecular weight excluding hydrogens is 386 g/mol. The molecule has 0 saturated carbocycles. The van der Waals surface area contributed by atoms with Crippen molar-refractivity contribution in [1.29, 1.82) is 0 Å². The number of hydrogen-bond donors (Lipinski definition) is 2. The zero-order chi connectivity index (χ0) is 20.4. The van der Waals surface area contributed by atoms with Gasteiger partial charge >= 0.3 is 0 Å². The molecule has 1 aromatic heterocycles. The highest BCUT2D eigenvalue weighted by Crippen LogP contribution is 2.33. The van der Waals surface area contributed by atoms with Gasteiger partial charge in [0.25, 0.3) is 5.91 Å². The van der Waals surface area contributed by atoms with E-state index in [2.05, 4.69) is 15.2 Å². The minimum absolute atomic E-state index is 0.0165. The summed E-state index contributed by atoms with van der Waals surface area (Å²) in [5.74, 6) is 0.178. The lowest BCUT2D eigenvalue weighted by Gasteiger charge is -2.32. The number of carbonyl (C=O) groups is 1. The van der Waals surface area contributed by atoms with Gasteiger partial charge in [0, 0.05) is 48.4 Å². The maximum Gasteiger partial charge on any atom is 0.251 e. The number of nitrogens with one attached hydrogen (secondary N) is 1. The van der Waals surface area contributed by atoms with Crippen molar-refractivity contribution in [1.82, 2.24) is 15.2 Å². The van der Waals surface area contributed by atoms with Gasteiger partial charge in [-0.1, -0.05) is 29.3 Å². The van der Waals surface area contributed by atoms with E-state index in [1.165, 1.54) is 0 Å². The van der Waals surface area contributed by atoms with Gasteiger partial charge in [0.05, 0.1) is 5.02 Å². The first-order valence-electron chi connectivity index (χ1n) is 9.86. The predicted molar refractivity (Wildman–Crippen MR) is 115 cm³/mol. The molecule has 4 rings (SSSR count). The Balaban J connectivity index is 1.37. The number of benzene rings is 2. The Morgan fingerprint density at radius 3 is 2.79 bits per heavy atom. The van der Waals surface area contributed by atoms with Gasteiger partial charge in [0.1, 0.15) is 11.3 Å². The minimum Gasteiger partial charge on any atom is -0.505 e. The quantitative estimate of drug-likeness (QED) is 0.674. The maximum absolute atomic E-state index is 12.5. The van der Waals surface area contributed by atoms with Crippen molar-refractivity contribution in [3.8, 4) is 5.75 Å². The number of piperidine rings is 1. The van der Waals surface area contributed by atoms with E-state index < -0.39 is 0 Å². The van der Waals surface area contributed by atoms with E-state index >= 15 is 0 Å². The molecule has 1 fully saturated rings. The van der Waals surface area contributed by atoms with Gasteiger partial charge in [-0.25, -0.2) is 0 Å². The zero-order valence-electron chi connectivity index (χ0n) is 16.4. The highest BCUT2D eigenvalue weighted by Gasteiger charge is 2.22. The second-order valence-electron chi connectivity index (χ2n) is 7.66. The van der Waals surface area contributed by atoms with Crippen molar-refractivity contribution in [2.45, 2.75) is 32.4 Å². The number of carbonyl (C=O) groups excluding carboxylic acids is 1. The average molecular weight is 410 g/mol. The minimum atomic E-state index is -0.0165. The second kappa shape index (κ2) is 8.39. The van der Waals surface area contributed by atoms with Crippen LogP contribution in [0, 0.1) is 6.92 Å². The van der Waals surface area contributed by atoms with Gasteiger partial charge in [-0.2, -0.15) is 0 Å². The lowest BCUT2D eigenvalue weighted by Crippen LogP contribution is -2.44. The van der Waals surface area contributed by atoms with Crippen LogP contribution in [-0.4, -0.2) is 40.0 Å². The highest BCUT2D eigenvalue weighted by atomic mass is 35.5. The van der Waals surface area contributed by atoms with Gasteiger partial charge in [0.2, 0.25) is 0 Å². The number of aromatic hydroxyl groups is 1. The Morgan fingerprint density at radius 1 is 1.24 bits per heavy atom. The van der Waals surface area contributed by atoms with E-state index in [4.69, 9.17) is 11.6 Å². The Kier molecular flexibility index (Phi) is 5.69. The van der Waals surface area contributed by atoms with E-state index in [9.17, 15) is 9.90 Å². The van der Waals surface area contributed by atoms with Crippen LogP contribution in [-0.2, 0) is 6.54 Å². The summed E-state index contributed by atoms with van der Waals surface area (Å²) in [5, 5.41) is 15.1. The third-order valence-corrected chi connectivity index (χ3v) is 5.80. The fourth-order valence-electron chi connectivity index (χ4n) is 3.89. The Bertz CT molecular complexity index is 1050. The van der Waals surface area contributed by atoms with Crippen molar-refractivity contribution in [2.24, 2.45) is 0 Å². The molecule has 5 nitrogen and oxygen atoms in total. The molecule has 150 valence electrons. The summed E-state index contributed by atoms with van der Waals surface area (Å²) in [6, 6.07) is 13.3. The number of amides is 1. The van der Waals surface area contributed by atoms with Crippen LogP contribution in [0.1, 0.15) is 34.3 Å². The summed E-state index contributed by atoms with van der Waals surface area (Å²) in [4.78, 5) is 19.0. The molecule has 1 amide bonds. The summed E-state index contributed by atoms with van der Waals surface area (Å²) < 4.78 is 0. The topological polar surface area (TPSA) is 65.5 Å². The van der Waals surface area contributed by atoms with Gasteiger partial charge in [-0.3, -0.25) is 14.7 Å². The van der Waals surface area contributed by atoms with Crippen LogP contribution in [0.15, 0.2) is 48.7 Å². The summed E-state index contributed by atoms with van der Waals surface area (Å²) in [6.45, 7) is 4.28. The van der Waals surface area contributed by atoms with Crippen molar-refractivity contribution < 1.29 is 9.90 Å². The first-order chi connectivity index (χ1) is 14.0. The zero-order valence-corrected chi connectivity index (χ0v) is 17.1. The predicted octanol–water partition coefficient (Wildman–Crippen LogP) is 4.30. The standard InChI is InChI=1S/C23H24ClN3O2/c1-15-4-2-5-16(12-15)23(29)26-18-7-10-27(11-8-18)14-17-13-20(24)19-6-3-9-25-21(19)22(17)28/h2-6,9,12-13,18,28H,7-8,10-11,14H2,1H3,(H,26,29). The normalized spacial score (nSPS) is 15.5. The molecule has 2 heterocycles. The van der Waals surface area contributed by atoms with Gasteiger partial charge < -0.3 is 10.4 Å². The van der Waals surface area contributed by atoms with Crippen LogP contribution in [0.4, 0.5) is 0 Å². The van der Waals surface area contributed by atoms with E-state index in [-0.39, 0.29) is 17.7 Å². The molecule has 6 heteroatoms. The highest BCUT2D eigenvalue weighted by molar-refractivity contribution is 6.35. The fraction of sp³-hybridized carbons (Fsp3) is 0.304. The third-order valence-electron chi connectivity index (χ3n) is 5.49. The molecule has 0 bridgehead atoms. The monoisotopic (exact) mass is 409 g/mol. The van der Waals surface area contributed by atoms with Crippen LogP contribution in [0.25, 0.3) is 10.9 Å². The molecule has 1 aliphatic heterocycles.